The zero-order valence-corrected chi connectivity index (χ0v) is 39.6. The lowest BCUT2D eigenvalue weighted by atomic mass is 9.39. The molecule has 320 valence electrons. The number of anilines is 2. The van der Waals surface area contributed by atoms with Gasteiger partial charge in [-0.25, -0.2) is 0 Å². The van der Waals surface area contributed by atoms with Gasteiger partial charge in [-0.2, -0.15) is 0 Å². The van der Waals surface area contributed by atoms with E-state index in [9.17, 15) is 0 Å². The van der Waals surface area contributed by atoms with E-state index in [2.05, 4.69) is 212 Å². The molecule has 3 heterocycles. The molecule has 0 spiro atoms. The van der Waals surface area contributed by atoms with Crippen LogP contribution in [0.5, 0.6) is 0 Å². The average molecular weight is 843 g/mol. The van der Waals surface area contributed by atoms with Gasteiger partial charge in [0.25, 0.3) is 0 Å². The normalized spacial score (nSPS) is 15.0. The van der Waals surface area contributed by atoms with Crippen molar-refractivity contribution in [2.45, 2.75) is 104 Å². The summed E-state index contributed by atoms with van der Waals surface area (Å²) in [5.74, 6) is 0. The molecule has 0 fully saturated rings. The minimum atomic E-state index is -0.190. The third kappa shape index (κ3) is 5.73. The van der Waals surface area contributed by atoms with Gasteiger partial charge in [-0.3, -0.25) is 0 Å². The molecular weight excluding hydrogens is 784 g/mol. The fraction of sp³-hybridized carbons (Fsp3) is 0.258. The summed E-state index contributed by atoms with van der Waals surface area (Å²) in [5, 5.41) is 9.36. The van der Waals surface area contributed by atoms with E-state index in [1.54, 1.807) is 0 Å². The fourth-order valence-corrected chi connectivity index (χ4v) is 12.4. The van der Waals surface area contributed by atoms with Crippen molar-refractivity contribution in [3.63, 3.8) is 0 Å². The molecule has 0 radical (unpaired) electrons. The Bertz CT molecular complexity index is 3460. The van der Waals surface area contributed by atoms with Crippen LogP contribution >= 0.6 is 0 Å². The Labute approximate surface area is 385 Å². The predicted octanol–water partition coefficient (Wildman–Crippen LogP) is 15.5. The van der Waals surface area contributed by atoms with E-state index in [1.165, 1.54) is 135 Å². The molecule has 8 aromatic carbocycles. The molecule has 1 N–H and O–H groups in total. The standard InChI is InChI=1S/C62H59BN2/c1-10-11-12-18-37-25-29-41(30-26-37)64-53-32-28-40(60(2,3)4)35-46(53)47-36-44(39-27-31-49-45(33-39)43-21-15-16-22-48(43)61(49,5)6)55-54-42-20-14-13-19-38(42)34-51-58(54)65-57-50(62(51,7)8)23-17-24-52(57)63(9)56(47)59(55)65/h13-17,19-36,64H,10-12,18H2,1-9H3. The van der Waals surface area contributed by atoms with Crippen LogP contribution in [0.1, 0.15) is 108 Å². The Hall–Kier alpha value is -6.32. The Morgan fingerprint density at radius 2 is 1.32 bits per heavy atom. The zero-order valence-electron chi connectivity index (χ0n) is 39.6. The van der Waals surface area contributed by atoms with Crippen molar-refractivity contribution in [1.82, 2.24) is 4.57 Å². The second kappa shape index (κ2) is 14.1. The monoisotopic (exact) mass is 842 g/mol. The van der Waals surface area contributed by atoms with E-state index in [0.29, 0.717) is 0 Å². The van der Waals surface area contributed by atoms with Crippen LogP contribution < -0.4 is 16.2 Å². The van der Waals surface area contributed by atoms with Gasteiger partial charge in [0.05, 0.1) is 11.0 Å². The topological polar surface area (TPSA) is 17.0 Å². The molecule has 0 atom stereocenters. The van der Waals surface area contributed by atoms with Gasteiger partial charge in [-0.05, 0) is 138 Å². The van der Waals surface area contributed by atoms with Gasteiger partial charge in [-0.15, -0.1) is 0 Å². The number of hydrogen-bond acceptors (Lipinski definition) is 1. The van der Waals surface area contributed by atoms with Crippen LogP contribution in [0.15, 0.2) is 140 Å². The van der Waals surface area contributed by atoms with Gasteiger partial charge in [0.1, 0.15) is 0 Å². The molecule has 12 rings (SSSR count). The van der Waals surface area contributed by atoms with E-state index in [0.717, 1.165) is 17.8 Å². The highest BCUT2D eigenvalue weighted by molar-refractivity contribution is 6.88. The first-order valence-corrected chi connectivity index (χ1v) is 24.2. The Morgan fingerprint density at radius 3 is 2.12 bits per heavy atom. The summed E-state index contributed by atoms with van der Waals surface area (Å²) in [5.41, 5.74) is 25.1. The quantitative estimate of drug-likeness (QED) is 0.119. The molecule has 2 nitrogen and oxygen atoms in total. The molecule has 3 heteroatoms. The van der Waals surface area contributed by atoms with Crippen molar-refractivity contribution in [1.29, 1.82) is 0 Å². The third-order valence-electron chi connectivity index (χ3n) is 16.0. The third-order valence-corrected chi connectivity index (χ3v) is 16.0. The van der Waals surface area contributed by atoms with Gasteiger partial charge in [0.15, 0.2) is 0 Å². The van der Waals surface area contributed by atoms with E-state index in [4.69, 9.17) is 0 Å². The first-order valence-electron chi connectivity index (χ1n) is 24.2. The summed E-state index contributed by atoms with van der Waals surface area (Å²) in [4.78, 5) is 0. The first kappa shape index (κ1) is 40.2. The number of fused-ring (bicyclic) bond motifs is 6. The number of unbranched alkanes of at least 4 members (excludes halogenated alkanes) is 2. The highest BCUT2D eigenvalue weighted by Gasteiger charge is 2.43. The minimum Gasteiger partial charge on any atom is -0.355 e. The van der Waals surface area contributed by atoms with Crippen LogP contribution in [0.3, 0.4) is 0 Å². The molecule has 0 amide bonds. The molecule has 1 aliphatic carbocycles. The van der Waals surface area contributed by atoms with Gasteiger partial charge >= 0.3 is 0 Å². The summed E-state index contributed by atoms with van der Waals surface area (Å²) in [6, 6.07) is 54.3. The lowest BCUT2D eigenvalue weighted by Crippen LogP contribution is -2.48. The summed E-state index contributed by atoms with van der Waals surface area (Å²) < 4.78 is 2.73. The van der Waals surface area contributed by atoms with Gasteiger partial charge in [0, 0.05) is 44.2 Å². The Morgan fingerprint density at radius 1 is 0.585 bits per heavy atom. The van der Waals surface area contributed by atoms with Crippen LogP contribution in [0, 0.1) is 0 Å². The van der Waals surface area contributed by atoms with Gasteiger partial charge in [-0.1, -0.05) is 178 Å². The lowest BCUT2D eigenvalue weighted by Gasteiger charge is -2.39. The maximum absolute atomic E-state index is 4.00. The zero-order chi connectivity index (χ0) is 44.7. The molecule has 0 saturated carbocycles. The number of nitrogens with zero attached hydrogens (tertiary/aromatic N) is 1. The van der Waals surface area contributed by atoms with Gasteiger partial charge < -0.3 is 9.88 Å². The number of rotatable bonds is 8. The van der Waals surface area contributed by atoms with Crippen molar-refractivity contribution in [2.24, 2.45) is 0 Å². The van der Waals surface area contributed by atoms with Crippen LogP contribution in [-0.4, -0.2) is 11.3 Å². The number of benzene rings is 8. The number of aryl methyl sites for hydroxylation is 1. The molecular formula is C62H59BN2. The molecule has 0 unspecified atom stereocenters. The summed E-state index contributed by atoms with van der Waals surface area (Å²) in [6.07, 6.45) is 4.87. The van der Waals surface area contributed by atoms with Crippen LogP contribution in [0.25, 0.3) is 71.6 Å². The van der Waals surface area contributed by atoms with Crippen LogP contribution in [0.4, 0.5) is 11.4 Å². The highest BCUT2D eigenvalue weighted by atomic mass is 15.0. The molecule has 1 aromatic heterocycles. The van der Waals surface area contributed by atoms with Crippen LogP contribution in [-0.2, 0) is 22.7 Å². The van der Waals surface area contributed by atoms with Crippen molar-refractivity contribution in [3.05, 3.63) is 173 Å². The van der Waals surface area contributed by atoms with Crippen molar-refractivity contribution < 1.29 is 0 Å². The summed E-state index contributed by atoms with van der Waals surface area (Å²) in [7, 11) is 0. The average Bonchev–Trinajstić information content (AvgIpc) is 3.77. The second-order valence-electron chi connectivity index (χ2n) is 21.6. The smallest absolute Gasteiger partial charge is 0.212 e. The molecule has 9 aromatic rings. The van der Waals surface area contributed by atoms with Crippen molar-refractivity contribution in [3.8, 4) is 39.1 Å². The second-order valence-corrected chi connectivity index (χ2v) is 21.6. The first-order chi connectivity index (χ1) is 31.3. The van der Waals surface area contributed by atoms with Crippen LogP contribution in [0.2, 0.25) is 6.82 Å². The molecule has 0 saturated heterocycles. The number of nitrogens with one attached hydrogen (secondary N) is 1. The SMILES string of the molecule is CCCCCc1ccc(Nc2ccc(C(C)(C)C)cc2-c2cc(-c3ccc4c(c3)-c3ccccc3C4(C)C)c3c4c5ccccc5cc5c4n4c3c2B(C)c2cccc(c2-4)C5(C)C)cc1. The van der Waals surface area contributed by atoms with Crippen molar-refractivity contribution >= 4 is 61.6 Å². The number of para-hydroxylation sites is 1. The predicted molar refractivity (Wildman–Crippen MR) is 281 cm³/mol. The number of aromatic nitrogens is 1. The number of hydrogen-bond donors (Lipinski definition) is 1. The fourth-order valence-electron chi connectivity index (χ4n) is 12.4. The Balaban J connectivity index is 1.22. The largest absolute Gasteiger partial charge is 0.355 e. The van der Waals surface area contributed by atoms with E-state index >= 15 is 0 Å². The molecule has 2 aliphatic heterocycles. The highest BCUT2D eigenvalue weighted by Crippen LogP contribution is 2.55. The van der Waals surface area contributed by atoms with Gasteiger partial charge in [0.2, 0.25) is 6.71 Å². The van der Waals surface area contributed by atoms with E-state index in [-0.39, 0.29) is 23.0 Å². The Kier molecular flexibility index (Phi) is 8.72. The lowest BCUT2D eigenvalue weighted by molar-refractivity contribution is 0.590. The summed E-state index contributed by atoms with van der Waals surface area (Å²) in [6.45, 7) is 21.6. The van der Waals surface area contributed by atoms with E-state index in [1.807, 2.05) is 0 Å². The maximum Gasteiger partial charge on any atom is 0.212 e. The molecule has 3 aliphatic rings. The molecule has 65 heavy (non-hydrogen) atoms. The molecule has 0 bridgehead atoms. The van der Waals surface area contributed by atoms with E-state index < -0.39 is 0 Å². The minimum absolute atomic E-state index is 0.0417. The van der Waals surface area contributed by atoms with Crippen molar-refractivity contribution in [2.75, 3.05) is 5.32 Å². The summed E-state index contributed by atoms with van der Waals surface area (Å²) >= 11 is 0. The maximum atomic E-state index is 4.00.